The van der Waals surface area contributed by atoms with E-state index in [-0.39, 0.29) is 23.8 Å². The summed E-state index contributed by atoms with van der Waals surface area (Å²) >= 11 is 0. The zero-order valence-corrected chi connectivity index (χ0v) is 11.4. The molecule has 0 aliphatic heterocycles. The van der Waals surface area contributed by atoms with Gasteiger partial charge >= 0.3 is 6.36 Å². The van der Waals surface area contributed by atoms with Crippen LogP contribution in [-0.4, -0.2) is 21.4 Å². The van der Waals surface area contributed by atoms with E-state index in [1.165, 1.54) is 19.1 Å². The summed E-state index contributed by atoms with van der Waals surface area (Å²) in [6, 6.07) is 5.12. The van der Waals surface area contributed by atoms with Gasteiger partial charge in [0.25, 0.3) is 5.56 Å². The molecule has 0 aliphatic rings. The lowest BCUT2D eigenvalue weighted by Gasteiger charge is -2.10. The number of aryl methyl sites for hydroxylation is 1. The van der Waals surface area contributed by atoms with Gasteiger partial charge in [0.1, 0.15) is 11.6 Å². The maximum Gasteiger partial charge on any atom is 0.573 e. The van der Waals surface area contributed by atoms with Crippen molar-refractivity contribution in [3.05, 3.63) is 46.0 Å². The number of anilines is 1. The minimum atomic E-state index is -4.74. The quantitative estimate of drug-likeness (QED) is 0.806. The molecule has 0 fully saturated rings. The monoisotopic (exact) mass is 315 g/mol. The molecule has 3 N–H and O–H groups in total. The molecule has 0 saturated heterocycles. The van der Waals surface area contributed by atoms with Crippen molar-refractivity contribution in [3.8, 4) is 11.6 Å². The Morgan fingerprint density at radius 3 is 2.50 bits per heavy atom. The summed E-state index contributed by atoms with van der Waals surface area (Å²) in [5.41, 5.74) is -0.0582. The van der Waals surface area contributed by atoms with Crippen LogP contribution in [0.1, 0.15) is 11.4 Å². The predicted octanol–water partition coefficient (Wildman–Crippen LogP) is 2.29. The topological polar surface area (TPSA) is 87.2 Å². The molecule has 118 valence electrons. The Hall–Kier alpha value is -2.71. The molecule has 0 radical (unpaired) electrons. The summed E-state index contributed by atoms with van der Waals surface area (Å²) in [6.45, 7) is 1.64. The van der Waals surface area contributed by atoms with Crippen molar-refractivity contribution in [1.82, 2.24) is 9.97 Å². The maximum absolute atomic E-state index is 12.0. The van der Waals surface area contributed by atoms with Gasteiger partial charge in [-0.3, -0.25) is 4.79 Å². The Kier molecular flexibility index (Phi) is 4.25. The minimum absolute atomic E-state index is 0.110. The zero-order chi connectivity index (χ0) is 16.3. The number of aromatic amines is 1. The number of benzene rings is 1. The van der Waals surface area contributed by atoms with Gasteiger partial charge in [0.05, 0.1) is 0 Å². The SMILES string of the molecule is Cc1nc(O)c(NCc2ccc(OC(F)(F)F)cc2)c(=O)[nH]1. The van der Waals surface area contributed by atoms with Gasteiger partial charge < -0.3 is 20.1 Å². The van der Waals surface area contributed by atoms with Crippen molar-refractivity contribution < 1.29 is 23.0 Å². The van der Waals surface area contributed by atoms with Crippen molar-refractivity contribution in [3.63, 3.8) is 0 Å². The van der Waals surface area contributed by atoms with Crippen molar-refractivity contribution >= 4 is 5.69 Å². The van der Waals surface area contributed by atoms with Crippen molar-refractivity contribution in [2.24, 2.45) is 0 Å². The van der Waals surface area contributed by atoms with E-state index in [1.54, 1.807) is 0 Å². The third-order valence-electron chi connectivity index (χ3n) is 2.64. The number of aromatic nitrogens is 2. The second kappa shape index (κ2) is 5.96. The van der Waals surface area contributed by atoms with Gasteiger partial charge in [-0.2, -0.15) is 4.98 Å². The van der Waals surface area contributed by atoms with Crippen LogP contribution in [0.25, 0.3) is 0 Å². The number of H-pyrrole nitrogens is 1. The first kappa shape index (κ1) is 15.7. The maximum atomic E-state index is 12.0. The average molecular weight is 315 g/mol. The van der Waals surface area contributed by atoms with E-state index in [0.717, 1.165) is 12.1 Å². The first-order valence-electron chi connectivity index (χ1n) is 6.13. The zero-order valence-electron chi connectivity index (χ0n) is 11.4. The smallest absolute Gasteiger partial charge is 0.492 e. The number of rotatable bonds is 4. The number of hydrogen-bond donors (Lipinski definition) is 3. The lowest BCUT2D eigenvalue weighted by Crippen LogP contribution is -2.17. The normalized spacial score (nSPS) is 11.3. The van der Waals surface area contributed by atoms with Crippen LogP contribution in [0.15, 0.2) is 29.1 Å². The molecule has 1 aromatic heterocycles. The second-order valence-electron chi connectivity index (χ2n) is 4.40. The number of nitrogens with one attached hydrogen (secondary N) is 2. The summed E-state index contributed by atoms with van der Waals surface area (Å²) in [4.78, 5) is 17.7. The number of alkyl halides is 3. The van der Waals surface area contributed by atoms with Crippen molar-refractivity contribution in [2.75, 3.05) is 5.32 Å². The lowest BCUT2D eigenvalue weighted by atomic mass is 10.2. The van der Waals surface area contributed by atoms with Gasteiger partial charge in [-0.15, -0.1) is 13.2 Å². The van der Waals surface area contributed by atoms with Crippen LogP contribution in [0.3, 0.4) is 0 Å². The summed E-state index contributed by atoms with van der Waals surface area (Å²) < 4.78 is 39.8. The van der Waals surface area contributed by atoms with E-state index in [1.807, 2.05) is 0 Å². The Balaban J connectivity index is 2.05. The Morgan fingerprint density at radius 2 is 1.95 bits per heavy atom. The van der Waals surface area contributed by atoms with Gasteiger partial charge in [-0.1, -0.05) is 12.1 Å². The fourth-order valence-corrected chi connectivity index (χ4v) is 1.73. The highest BCUT2D eigenvalue weighted by atomic mass is 19.4. The standard InChI is InChI=1S/C13H12F3N3O3/c1-7-18-11(20)10(12(21)19-7)17-6-8-2-4-9(5-3-8)22-13(14,15)16/h2-5,17H,6H2,1H3,(H2,18,19,20,21). The molecule has 0 amide bonds. The largest absolute Gasteiger partial charge is 0.573 e. The third kappa shape index (κ3) is 4.14. The molecular weight excluding hydrogens is 303 g/mol. The minimum Gasteiger partial charge on any atom is -0.492 e. The molecular formula is C13H12F3N3O3. The molecule has 0 atom stereocenters. The van der Waals surface area contributed by atoms with Crippen LogP contribution in [0.4, 0.5) is 18.9 Å². The van der Waals surface area contributed by atoms with Gasteiger partial charge in [-0.05, 0) is 24.6 Å². The van der Waals surface area contributed by atoms with E-state index in [9.17, 15) is 23.1 Å². The van der Waals surface area contributed by atoms with E-state index in [0.29, 0.717) is 5.56 Å². The number of nitrogens with zero attached hydrogens (tertiary/aromatic N) is 1. The average Bonchev–Trinajstić information content (AvgIpc) is 2.37. The Labute approximate surface area is 122 Å². The highest BCUT2D eigenvalue weighted by Crippen LogP contribution is 2.23. The van der Waals surface area contributed by atoms with Crippen molar-refractivity contribution in [1.29, 1.82) is 0 Å². The highest BCUT2D eigenvalue weighted by Gasteiger charge is 2.30. The van der Waals surface area contributed by atoms with Crippen LogP contribution < -0.4 is 15.6 Å². The molecule has 0 aliphatic carbocycles. The van der Waals surface area contributed by atoms with Gasteiger partial charge in [0, 0.05) is 6.54 Å². The van der Waals surface area contributed by atoms with E-state index >= 15 is 0 Å². The summed E-state index contributed by atoms with van der Waals surface area (Å²) in [7, 11) is 0. The summed E-state index contributed by atoms with van der Waals surface area (Å²) in [6.07, 6.45) is -4.74. The van der Waals surface area contributed by atoms with Crippen LogP contribution in [0.2, 0.25) is 0 Å². The number of hydrogen-bond acceptors (Lipinski definition) is 5. The molecule has 22 heavy (non-hydrogen) atoms. The molecule has 0 saturated carbocycles. The van der Waals surface area contributed by atoms with Gasteiger partial charge in [0.2, 0.25) is 5.88 Å². The van der Waals surface area contributed by atoms with Crippen molar-refractivity contribution in [2.45, 2.75) is 19.8 Å². The molecule has 1 heterocycles. The first-order chi connectivity index (χ1) is 10.2. The highest BCUT2D eigenvalue weighted by molar-refractivity contribution is 5.50. The van der Waals surface area contributed by atoms with Crippen LogP contribution >= 0.6 is 0 Å². The fourth-order valence-electron chi connectivity index (χ4n) is 1.73. The molecule has 0 unspecified atom stereocenters. The van der Waals surface area contributed by atoms with E-state index in [2.05, 4.69) is 20.0 Å². The Bertz CT molecular complexity index is 711. The Morgan fingerprint density at radius 1 is 1.32 bits per heavy atom. The molecule has 0 bridgehead atoms. The second-order valence-corrected chi connectivity index (χ2v) is 4.40. The van der Waals surface area contributed by atoms with Crippen LogP contribution in [0, 0.1) is 6.92 Å². The molecule has 0 spiro atoms. The number of ether oxygens (including phenoxy) is 1. The van der Waals surface area contributed by atoms with Gasteiger partial charge in [0.15, 0.2) is 5.69 Å². The molecule has 6 nitrogen and oxygen atoms in total. The summed E-state index contributed by atoms with van der Waals surface area (Å²) in [5, 5.41) is 12.3. The predicted molar refractivity (Wildman–Crippen MR) is 71.7 cm³/mol. The first-order valence-corrected chi connectivity index (χ1v) is 6.13. The lowest BCUT2D eigenvalue weighted by molar-refractivity contribution is -0.274. The van der Waals surface area contributed by atoms with E-state index in [4.69, 9.17) is 0 Å². The number of halogens is 3. The number of aromatic hydroxyl groups is 1. The molecule has 2 aromatic rings. The fraction of sp³-hybridized carbons (Fsp3) is 0.231. The molecule has 2 rings (SSSR count). The van der Waals surface area contributed by atoms with E-state index < -0.39 is 17.8 Å². The van der Waals surface area contributed by atoms with Crippen LogP contribution in [-0.2, 0) is 6.54 Å². The third-order valence-corrected chi connectivity index (χ3v) is 2.64. The molecule has 9 heteroatoms. The molecule has 1 aromatic carbocycles. The summed E-state index contributed by atoms with van der Waals surface area (Å²) in [5.74, 6) is -0.520. The van der Waals surface area contributed by atoms with Gasteiger partial charge in [-0.25, -0.2) is 0 Å². The van der Waals surface area contributed by atoms with Crippen LogP contribution in [0.5, 0.6) is 11.6 Å².